The van der Waals surface area contributed by atoms with E-state index in [2.05, 4.69) is 10.1 Å². The van der Waals surface area contributed by atoms with Crippen molar-refractivity contribution >= 4 is 11.8 Å². The normalized spacial score (nSPS) is 27.0. The van der Waals surface area contributed by atoms with Crippen LogP contribution in [0, 0.1) is 5.92 Å². The van der Waals surface area contributed by atoms with Crippen molar-refractivity contribution < 1.29 is 27.5 Å². The van der Waals surface area contributed by atoms with Crippen LogP contribution in [0.15, 0.2) is 29.4 Å². The Morgan fingerprint density at radius 3 is 2.32 bits per heavy atom. The Kier molecular flexibility index (Phi) is 5.66. The SMILES string of the molecule is CC(C)(C)OC(=O)N1CC2C(c3ccc(C(F)(F)F)cc3)=NOC2C(N2CCCC2)C1. The number of amides is 1. The van der Waals surface area contributed by atoms with Crippen molar-refractivity contribution in [2.45, 2.75) is 57.5 Å². The number of nitrogens with zero attached hydrogens (tertiary/aromatic N) is 3. The van der Waals surface area contributed by atoms with Gasteiger partial charge in [0.1, 0.15) is 5.60 Å². The number of piperidine rings is 1. The Balaban J connectivity index is 1.59. The molecule has 170 valence electrons. The predicted octanol–water partition coefficient (Wildman–Crippen LogP) is 4.14. The molecule has 0 saturated carbocycles. The van der Waals surface area contributed by atoms with Crippen molar-refractivity contribution in [3.63, 3.8) is 0 Å². The first kappa shape index (κ1) is 21.9. The Bertz CT molecular complexity index is 842. The molecular formula is C22H28F3N3O3. The van der Waals surface area contributed by atoms with E-state index in [1.54, 1.807) is 4.90 Å². The van der Waals surface area contributed by atoms with Crippen molar-refractivity contribution in [2.24, 2.45) is 11.1 Å². The summed E-state index contributed by atoms with van der Waals surface area (Å²) in [6, 6.07) is 4.91. The fourth-order valence-corrected chi connectivity index (χ4v) is 4.55. The molecule has 1 aromatic carbocycles. The van der Waals surface area contributed by atoms with Crippen molar-refractivity contribution in [2.75, 3.05) is 26.2 Å². The molecule has 9 heteroatoms. The molecule has 1 aromatic rings. The Labute approximate surface area is 180 Å². The fourth-order valence-electron chi connectivity index (χ4n) is 4.55. The molecule has 0 aliphatic carbocycles. The zero-order valence-electron chi connectivity index (χ0n) is 18.0. The molecule has 3 aliphatic heterocycles. The molecule has 0 spiro atoms. The number of benzene rings is 1. The minimum Gasteiger partial charge on any atom is -0.444 e. The van der Waals surface area contributed by atoms with Gasteiger partial charge in [-0.05, 0) is 64.4 Å². The van der Waals surface area contributed by atoms with Crippen LogP contribution in [-0.2, 0) is 15.8 Å². The number of hydrogen-bond acceptors (Lipinski definition) is 5. The van der Waals surface area contributed by atoms with Crippen molar-refractivity contribution in [3.05, 3.63) is 35.4 Å². The summed E-state index contributed by atoms with van der Waals surface area (Å²) in [4.78, 5) is 22.7. The van der Waals surface area contributed by atoms with Gasteiger partial charge in [0, 0.05) is 13.1 Å². The van der Waals surface area contributed by atoms with Crippen molar-refractivity contribution in [1.29, 1.82) is 0 Å². The van der Waals surface area contributed by atoms with Crippen LogP contribution in [0.3, 0.4) is 0 Å². The highest BCUT2D eigenvalue weighted by molar-refractivity contribution is 6.03. The molecule has 2 saturated heterocycles. The van der Waals surface area contributed by atoms with Gasteiger partial charge in [0.25, 0.3) is 0 Å². The third-order valence-corrected chi connectivity index (χ3v) is 5.99. The number of likely N-dealkylation sites (tertiary alicyclic amines) is 2. The Morgan fingerprint density at radius 1 is 1.10 bits per heavy atom. The summed E-state index contributed by atoms with van der Waals surface area (Å²) < 4.78 is 44.4. The lowest BCUT2D eigenvalue weighted by molar-refractivity contribution is -0.137. The summed E-state index contributed by atoms with van der Waals surface area (Å²) in [5, 5.41) is 4.26. The van der Waals surface area contributed by atoms with E-state index < -0.39 is 23.4 Å². The summed E-state index contributed by atoms with van der Waals surface area (Å²) in [5.41, 5.74) is -0.169. The zero-order chi connectivity index (χ0) is 22.4. The number of rotatable bonds is 2. The number of ether oxygens (including phenoxy) is 1. The molecule has 2 fully saturated rings. The first-order valence-electron chi connectivity index (χ1n) is 10.7. The number of alkyl halides is 3. The van der Waals surface area contributed by atoms with Crippen molar-refractivity contribution in [3.8, 4) is 0 Å². The maximum Gasteiger partial charge on any atom is 0.416 e. The number of halogens is 3. The van der Waals surface area contributed by atoms with E-state index in [1.165, 1.54) is 12.1 Å². The lowest BCUT2D eigenvalue weighted by atomic mass is 9.84. The third kappa shape index (κ3) is 4.66. The molecule has 3 atom stereocenters. The van der Waals surface area contributed by atoms with Crippen molar-refractivity contribution in [1.82, 2.24) is 9.80 Å². The monoisotopic (exact) mass is 439 g/mol. The van der Waals surface area contributed by atoms with E-state index in [9.17, 15) is 18.0 Å². The number of carbonyl (C=O) groups is 1. The molecular weight excluding hydrogens is 411 g/mol. The van der Waals surface area contributed by atoms with Gasteiger partial charge in [-0.2, -0.15) is 13.2 Å². The number of hydrogen-bond donors (Lipinski definition) is 0. The third-order valence-electron chi connectivity index (χ3n) is 5.99. The van der Waals surface area contributed by atoms with Gasteiger partial charge in [-0.1, -0.05) is 17.3 Å². The highest BCUT2D eigenvalue weighted by Gasteiger charge is 2.49. The van der Waals surface area contributed by atoms with Gasteiger partial charge in [0.15, 0.2) is 6.10 Å². The summed E-state index contributed by atoms with van der Waals surface area (Å²) in [6.45, 7) is 8.15. The predicted molar refractivity (Wildman–Crippen MR) is 109 cm³/mol. The number of oxime groups is 1. The number of carbonyl (C=O) groups excluding carboxylic acids is 1. The summed E-state index contributed by atoms with van der Waals surface area (Å²) in [5.74, 6) is -0.233. The second-order valence-corrected chi connectivity index (χ2v) is 9.42. The summed E-state index contributed by atoms with van der Waals surface area (Å²) in [7, 11) is 0. The Hall–Kier alpha value is -2.29. The van der Waals surface area contributed by atoms with E-state index >= 15 is 0 Å². The molecule has 0 bridgehead atoms. The van der Waals surface area contributed by atoms with Crippen LogP contribution in [0.2, 0.25) is 0 Å². The Morgan fingerprint density at radius 2 is 1.74 bits per heavy atom. The lowest BCUT2D eigenvalue weighted by Crippen LogP contribution is -2.60. The maximum absolute atomic E-state index is 12.9. The minimum atomic E-state index is -4.39. The highest BCUT2D eigenvalue weighted by Crippen LogP contribution is 2.35. The van der Waals surface area contributed by atoms with Gasteiger partial charge in [-0.3, -0.25) is 4.90 Å². The van der Waals surface area contributed by atoms with E-state index in [4.69, 9.17) is 9.57 Å². The first-order chi connectivity index (χ1) is 14.5. The van der Waals surface area contributed by atoms with Gasteiger partial charge in [-0.15, -0.1) is 0 Å². The molecule has 6 nitrogen and oxygen atoms in total. The van der Waals surface area contributed by atoms with E-state index in [-0.39, 0.29) is 18.1 Å². The van der Waals surface area contributed by atoms with Crippen LogP contribution >= 0.6 is 0 Å². The van der Waals surface area contributed by atoms with Crippen LogP contribution < -0.4 is 0 Å². The molecule has 0 aromatic heterocycles. The lowest BCUT2D eigenvalue weighted by Gasteiger charge is -2.43. The molecule has 3 heterocycles. The van der Waals surface area contributed by atoms with Crippen LogP contribution in [0.4, 0.5) is 18.0 Å². The molecule has 3 unspecified atom stereocenters. The second kappa shape index (κ2) is 8.00. The van der Waals surface area contributed by atoms with E-state index in [0.717, 1.165) is 38.1 Å². The van der Waals surface area contributed by atoms with Crippen LogP contribution in [0.5, 0.6) is 0 Å². The minimum absolute atomic E-state index is 0.0375. The largest absolute Gasteiger partial charge is 0.444 e. The van der Waals surface area contributed by atoms with Crippen LogP contribution in [0.1, 0.15) is 44.7 Å². The summed E-state index contributed by atoms with van der Waals surface area (Å²) >= 11 is 0. The zero-order valence-corrected chi connectivity index (χ0v) is 18.0. The number of fused-ring (bicyclic) bond motifs is 1. The molecule has 3 aliphatic rings. The van der Waals surface area contributed by atoms with Gasteiger partial charge < -0.3 is 14.5 Å². The van der Waals surface area contributed by atoms with Crippen LogP contribution in [-0.4, -0.2) is 65.5 Å². The average molecular weight is 439 g/mol. The quantitative estimate of drug-likeness (QED) is 0.695. The fraction of sp³-hybridized carbons (Fsp3) is 0.636. The van der Waals surface area contributed by atoms with Gasteiger partial charge in [0.2, 0.25) is 0 Å². The standard InChI is InChI=1S/C22H28F3N3O3/c1-21(2,3)30-20(29)28-12-16-18(14-6-8-15(9-7-14)22(23,24)25)26-31-19(16)17(13-28)27-10-4-5-11-27/h6-9,16-17,19H,4-5,10-13H2,1-3H3. The van der Waals surface area contributed by atoms with E-state index in [1.807, 2.05) is 20.8 Å². The van der Waals surface area contributed by atoms with Crippen LogP contribution in [0.25, 0.3) is 0 Å². The second-order valence-electron chi connectivity index (χ2n) is 9.42. The first-order valence-corrected chi connectivity index (χ1v) is 10.7. The van der Waals surface area contributed by atoms with Gasteiger partial charge in [0.05, 0.1) is 23.2 Å². The molecule has 31 heavy (non-hydrogen) atoms. The van der Waals surface area contributed by atoms with Gasteiger partial charge >= 0.3 is 12.3 Å². The molecule has 0 radical (unpaired) electrons. The average Bonchev–Trinajstić information content (AvgIpc) is 3.35. The van der Waals surface area contributed by atoms with Gasteiger partial charge in [-0.25, -0.2) is 4.79 Å². The molecule has 1 amide bonds. The molecule has 4 rings (SSSR count). The summed E-state index contributed by atoms with van der Waals surface area (Å²) in [6.07, 6.45) is -2.85. The molecule has 0 N–H and O–H groups in total. The smallest absolute Gasteiger partial charge is 0.416 e. The van der Waals surface area contributed by atoms with E-state index in [0.29, 0.717) is 24.4 Å². The highest BCUT2D eigenvalue weighted by atomic mass is 19.4. The topological polar surface area (TPSA) is 54.4 Å². The maximum atomic E-state index is 12.9.